The van der Waals surface area contributed by atoms with Gasteiger partial charge in [0.25, 0.3) is 5.91 Å². The van der Waals surface area contributed by atoms with E-state index in [4.69, 9.17) is 25.5 Å². The first-order valence-electron chi connectivity index (χ1n) is 9.51. The van der Waals surface area contributed by atoms with E-state index in [-0.39, 0.29) is 5.41 Å². The van der Waals surface area contributed by atoms with Crippen molar-refractivity contribution in [3.63, 3.8) is 0 Å². The lowest BCUT2D eigenvalue weighted by molar-refractivity contribution is 0.0989. The standard InChI is InChI=1S/C22H25ClN2O4S/c1-22(2,3)19-14-25(13-16-6-5-9-28-16)21(30-19)24-20(26)17-12-15(23)7-8-18(17)29-11-10-27-4/h5-9,12,14H,10-11,13H2,1-4H3/b24-21-. The monoisotopic (exact) mass is 448 g/mol. The number of ether oxygens (including phenoxy) is 2. The quantitative estimate of drug-likeness (QED) is 0.482. The number of furan rings is 1. The molecule has 6 nitrogen and oxygen atoms in total. The van der Waals surface area contributed by atoms with E-state index in [0.717, 1.165) is 10.6 Å². The van der Waals surface area contributed by atoms with Gasteiger partial charge < -0.3 is 18.5 Å². The normalized spacial score (nSPS) is 12.4. The Kier molecular flexibility index (Phi) is 7.18. The van der Waals surface area contributed by atoms with E-state index in [0.29, 0.717) is 40.9 Å². The third-order valence-corrected chi connectivity index (χ3v) is 5.96. The van der Waals surface area contributed by atoms with Crippen LogP contribution in [0.1, 0.15) is 41.8 Å². The number of nitrogens with zero attached hydrogens (tertiary/aromatic N) is 2. The summed E-state index contributed by atoms with van der Waals surface area (Å²) >= 11 is 7.61. The zero-order valence-electron chi connectivity index (χ0n) is 17.5. The lowest BCUT2D eigenvalue weighted by atomic mass is 9.95. The summed E-state index contributed by atoms with van der Waals surface area (Å²) in [7, 11) is 1.59. The minimum atomic E-state index is -0.416. The highest BCUT2D eigenvalue weighted by Crippen LogP contribution is 2.26. The van der Waals surface area contributed by atoms with Crippen molar-refractivity contribution < 1.29 is 18.7 Å². The maximum absolute atomic E-state index is 13.1. The lowest BCUT2D eigenvalue weighted by Crippen LogP contribution is -2.17. The molecule has 8 heteroatoms. The summed E-state index contributed by atoms with van der Waals surface area (Å²) in [5.41, 5.74) is 0.241. The Hall–Kier alpha value is -2.35. The average Bonchev–Trinajstić information content (AvgIpc) is 3.33. The van der Waals surface area contributed by atoms with Gasteiger partial charge in [0.05, 0.1) is 25.0 Å². The second kappa shape index (κ2) is 9.64. The van der Waals surface area contributed by atoms with Crippen LogP contribution in [0.15, 0.2) is 52.2 Å². The molecule has 0 N–H and O–H groups in total. The van der Waals surface area contributed by atoms with Crippen LogP contribution in [-0.4, -0.2) is 30.8 Å². The number of aromatic nitrogens is 1. The summed E-state index contributed by atoms with van der Waals surface area (Å²) in [5.74, 6) is 0.796. The van der Waals surface area contributed by atoms with Crippen LogP contribution in [0.25, 0.3) is 0 Å². The van der Waals surface area contributed by atoms with Crippen LogP contribution in [0.2, 0.25) is 5.02 Å². The molecule has 160 valence electrons. The van der Waals surface area contributed by atoms with Crippen LogP contribution in [0, 0.1) is 0 Å². The van der Waals surface area contributed by atoms with Gasteiger partial charge in [-0.3, -0.25) is 4.79 Å². The predicted molar refractivity (Wildman–Crippen MR) is 118 cm³/mol. The molecule has 0 spiro atoms. The van der Waals surface area contributed by atoms with Crippen molar-refractivity contribution in [3.05, 3.63) is 68.8 Å². The van der Waals surface area contributed by atoms with E-state index < -0.39 is 5.91 Å². The van der Waals surface area contributed by atoms with Crippen molar-refractivity contribution in [1.29, 1.82) is 0 Å². The molecule has 3 aromatic rings. The molecule has 2 aromatic heterocycles. The Morgan fingerprint density at radius 3 is 2.73 bits per heavy atom. The SMILES string of the molecule is COCCOc1ccc(Cl)cc1C(=O)/N=c1\sc(C(C)(C)C)cn1Cc1ccco1. The van der Waals surface area contributed by atoms with Crippen LogP contribution in [0.4, 0.5) is 0 Å². The van der Waals surface area contributed by atoms with Gasteiger partial charge in [-0.25, -0.2) is 0 Å². The van der Waals surface area contributed by atoms with Crippen molar-refractivity contribution in [2.45, 2.75) is 32.7 Å². The molecule has 0 atom stereocenters. The Balaban J connectivity index is 2.00. The third kappa shape index (κ3) is 5.62. The molecule has 0 saturated carbocycles. The fourth-order valence-corrected chi connectivity index (χ4v) is 3.89. The van der Waals surface area contributed by atoms with E-state index >= 15 is 0 Å². The van der Waals surface area contributed by atoms with Gasteiger partial charge in [-0.15, -0.1) is 11.3 Å². The number of hydrogen-bond donors (Lipinski definition) is 0. The maximum atomic E-state index is 13.1. The molecule has 0 aliphatic carbocycles. The summed E-state index contributed by atoms with van der Waals surface area (Å²) in [6, 6.07) is 8.66. The van der Waals surface area contributed by atoms with Gasteiger partial charge in [0.15, 0.2) is 4.80 Å². The number of methoxy groups -OCH3 is 1. The summed E-state index contributed by atoms with van der Waals surface area (Å²) in [6.45, 7) is 7.60. The van der Waals surface area contributed by atoms with Gasteiger partial charge in [0.1, 0.15) is 18.1 Å². The highest BCUT2D eigenvalue weighted by Gasteiger charge is 2.19. The predicted octanol–water partition coefficient (Wildman–Crippen LogP) is 4.91. The van der Waals surface area contributed by atoms with Crippen LogP contribution < -0.4 is 9.54 Å². The fraction of sp³-hybridized carbons (Fsp3) is 0.364. The molecule has 3 rings (SSSR count). The van der Waals surface area contributed by atoms with Crippen LogP contribution in [0.5, 0.6) is 5.75 Å². The number of carbonyl (C=O) groups excluding carboxylic acids is 1. The van der Waals surface area contributed by atoms with E-state index in [1.165, 1.54) is 11.3 Å². The highest BCUT2D eigenvalue weighted by molar-refractivity contribution is 7.09. The van der Waals surface area contributed by atoms with E-state index in [9.17, 15) is 4.79 Å². The molecule has 0 aliphatic heterocycles. The van der Waals surface area contributed by atoms with Gasteiger partial charge in [-0.1, -0.05) is 32.4 Å². The number of halogens is 1. The van der Waals surface area contributed by atoms with Gasteiger partial charge >= 0.3 is 0 Å². The summed E-state index contributed by atoms with van der Waals surface area (Å²) < 4.78 is 18.1. The zero-order chi connectivity index (χ0) is 21.7. The molecular formula is C22H25ClN2O4S. The highest BCUT2D eigenvalue weighted by atomic mass is 35.5. The Morgan fingerprint density at radius 1 is 1.27 bits per heavy atom. The van der Waals surface area contributed by atoms with Crippen molar-refractivity contribution >= 4 is 28.8 Å². The molecule has 2 heterocycles. The van der Waals surface area contributed by atoms with Gasteiger partial charge in [0, 0.05) is 23.2 Å². The van der Waals surface area contributed by atoms with Crippen LogP contribution in [0.3, 0.4) is 0 Å². The molecule has 30 heavy (non-hydrogen) atoms. The molecular weight excluding hydrogens is 424 g/mol. The minimum Gasteiger partial charge on any atom is -0.490 e. The first kappa shape index (κ1) is 22.3. The summed E-state index contributed by atoms with van der Waals surface area (Å²) in [4.78, 5) is 19.2. The molecule has 0 aliphatic rings. The molecule has 0 bridgehead atoms. The van der Waals surface area contributed by atoms with Gasteiger partial charge in [-0.2, -0.15) is 4.99 Å². The van der Waals surface area contributed by atoms with Crippen LogP contribution >= 0.6 is 22.9 Å². The molecule has 0 unspecified atom stereocenters. The smallest absolute Gasteiger partial charge is 0.283 e. The number of thiazole rings is 1. The van der Waals surface area contributed by atoms with Crippen LogP contribution in [-0.2, 0) is 16.7 Å². The van der Waals surface area contributed by atoms with Gasteiger partial charge in [0.2, 0.25) is 0 Å². The number of hydrogen-bond acceptors (Lipinski definition) is 5. The molecule has 0 radical (unpaired) electrons. The maximum Gasteiger partial charge on any atom is 0.283 e. The number of benzene rings is 1. The first-order valence-corrected chi connectivity index (χ1v) is 10.7. The Labute approximate surface area is 184 Å². The minimum absolute atomic E-state index is 0.0725. The lowest BCUT2D eigenvalue weighted by Gasteiger charge is -2.14. The van der Waals surface area contributed by atoms with Crippen molar-refractivity contribution in [2.75, 3.05) is 20.3 Å². The second-order valence-corrected chi connectivity index (χ2v) is 9.18. The van der Waals surface area contributed by atoms with Gasteiger partial charge in [-0.05, 0) is 35.7 Å². The number of rotatable bonds is 7. The van der Waals surface area contributed by atoms with Crippen molar-refractivity contribution in [3.8, 4) is 5.75 Å². The first-order chi connectivity index (χ1) is 14.3. The zero-order valence-corrected chi connectivity index (χ0v) is 19.0. The van der Waals surface area contributed by atoms with E-state index in [2.05, 4.69) is 25.8 Å². The Morgan fingerprint density at radius 2 is 2.07 bits per heavy atom. The molecule has 1 amide bonds. The number of amides is 1. The van der Waals surface area contributed by atoms with Crippen molar-refractivity contribution in [2.24, 2.45) is 4.99 Å². The number of carbonyl (C=O) groups is 1. The molecule has 1 aromatic carbocycles. The Bertz CT molecular complexity index is 1060. The summed E-state index contributed by atoms with van der Waals surface area (Å²) in [6.07, 6.45) is 3.65. The summed E-state index contributed by atoms with van der Waals surface area (Å²) in [5, 5.41) is 0.442. The largest absolute Gasteiger partial charge is 0.490 e. The third-order valence-electron chi connectivity index (χ3n) is 4.28. The molecule has 0 fully saturated rings. The topological polar surface area (TPSA) is 66.0 Å². The average molecular weight is 449 g/mol. The second-order valence-electron chi connectivity index (χ2n) is 7.73. The molecule has 0 saturated heterocycles. The van der Waals surface area contributed by atoms with Crippen molar-refractivity contribution in [1.82, 2.24) is 4.57 Å². The van der Waals surface area contributed by atoms with E-state index in [1.807, 2.05) is 22.9 Å². The van der Waals surface area contributed by atoms with E-state index in [1.54, 1.807) is 31.6 Å². The fourth-order valence-electron chi connectivity index (χ4n) is 2.67.